The van der Waals surface area contributed by atoms with Crippen LogP contribution in [0.4, 0.5) is 0 Å². The molecule has 1 N–H and O–H groups in total. The van der Waals surface area contributed by atoms with Crippen LogP contribution in [0.15, 0.2) is 0 Å². The molecule has 1 aromatic rings. The smallest absolute Gasteiger partial charge is 0.154 e. The van der Waals surface area contributed by atoms with Gasteiger partial charge in [0.05, 0.1) is 12.6 Å². The van der Waals surface area contributed by atoms with Crippen LogP contribution in [0.5, 0.6) is 0 Å². The molecular formula is C7H17N3O. The van der Waals surface area contributed by atoms with Crippen molar-refractivity contribution in [2.24, 2.45) is 0 Å². The molecule has 0 spiro atoms. The van der Waals surface area contributed by atoms with Crippen molar-refractivity contribution in [3.05, 3.63) is 0 Å². The molecule has 0 amide bonds. The Balaban J connectivity index is 2.58. The van der Waals surface area contributed by atoms with Crippen LogP contribution >= 0.6 is 0 Å². The van der Waals surface area contributed by atoms with Gasteiger partial charge in [-0.3, -0.25) is 0 Å². The van der Waals surface area contributed by atoms with Crippen molar-refractivity contribution in [2.45, 2.75) is 46.5 Å². The Bertz CT molecular complexity index is 207. The summed E-state index contributed by atoms with van der Waals surface area (Å²) < 4.78 is 0. The topological polar surface area (TPSA) is 35.0 Å². The summed E-state index contributed by atoms with van der Waals surface area (Å²) in [6.45, 7) is 7.44. The number of aromatic nitrogens is 3. The van der Waals surface area contributed by atoms with E-state index in [2.05, 4.69) is 30.4 Å². The summed E-state index contributed by atoms with van der Waals surface area (Å²) in [5.74, 6) is 0. The van der Waals surface area contributed by atoms with Crippen LogP contribution in [0.2, 0.25) is 0 Å². The molecule has 0 saturated heterocycles. The first-order valence-electron chi connectivity index (χ1n) is 4.17. The standard InChI is InChI=1S/C7H17N3O/c1-4-5-8-9(6-11)10(8)7(2)3/h7,11H,4-6H2,1-3H3. The lowest BCUT2D eigenvalue weighted by atomic mass is 10.4. The number of rotatable bonds is 4. The Hall–Kier alpha value is -0.640. The molecule has 0 atom stereocenters. The van der Waals surface area contributed by atoms with E-state index >= 15 is 0 Å². The van der Waals surface area contributed by atoms with Crippen LogP contribution in [-0.4, -0.2) is 19.5 Å². The number of aliphatic hydroxyl groups excluding tert-OH is 1. The van der Waals surface area contributed by atoms with Gasteiger partial charge in [0.15, 0.2) is 6.73 Å². The highest BCUT2D eigenvalue weighted by Crippen LogP contribution is 2.10. The number of aliphatic hydroxyl groups is 1. The van der Waals surface area contributed by atoms with Crippen molar-refractivity contribution in [1.82, 2.24) is 14.4 Å². The molecular weight excluding hydrogens is 142 g/mol. The van der Waals surface area contributed by atoms with Crippen LogP contribution < -0.4 is 0 Å². The first-order valence-corrected chi connectivity index (χ1v) is 4.17. The molecule has 66 valence electrons. The fourth-order valence-electron chi connectivity index (χ4n) is 1.29. The van der Waals surface area contributed by atoms with E-state index in [9.17, 15) is 0 Å². The predicted octanol–water partition coefficient (Wildman–Crippen LogP) is 1.03. The second kappa shape index (κ2) is 3.17. The largest absolute Gasteiger partial charge is 0.373 e. The van der Waals surface area contributed by atoms with Crippen LogP contribution in [0, 0.1) is 0 Å². The normalized spacial score (nSPS) is 11.7. The molecule has 0 fully saturated rings. The van der Waals surface area contributed by atoms with Crippen molar-refractivity contribution < 1.29 is 5.11 Å². The van der Waals surface area contributed by atoms with Gasteiger partial charge in [0.25, 0.3) is 0 Å². The average Bonchev–Trinajstić information content (AvgIpc) is 2.63. The van der Waals surface area contributed by atoms with Gasteiger partial charge in [0.2, 0.25) is 0 Å². The van der Waals surface area contributed by atoms with Gasteiger partial charge in [-0.2, -0.15) is 14.4 Å². The predicted molar refractivity (Wildman–Crippen MR) is 43.3 cm³/mol. The van der Waals surface area contributed by atoms with E-state index in [0.717, 1.165) is 13.0 Å². The molecule has 0 aliphatic heterocycles. The van der Waals surface area contributed by atoms with Gasteiger partial charge < -0.3 is 5.11 Å². The number of hydrogen-bond donors (Lipinski definition) is 1. The van der Waals surface area contributed by atoms with E-state index < -0.39 is 0 Å². The van der Waals surface area contributed by atoms with Crippen LogP contribution in [0.25, 0.3) is 0 Å². The summed E-state index contributed by atoms with van der Waals surface area (Å²) in [6, 6.07) is 0.452. The Labute approximate surface area is 66.9 Å². The SMILES string of the molecule is CCCn1n(CO)n1C(C)C. The summed E-state index contributed by atoms with van der Waals surface area (Å²) in [5, 5.41) is 8.86. The fourth-order valence-corrected chi connectivity index (χ4v) is 1.29. The zero-order valence-corrected chi connectivity index (χ0v) is 7.49. The average molecular weight is 159 g/mol. The highest BCUT2D eigenvalue weighted by atomic mass is 16.3. The molecule has 1 heterocycles. The maximum Gasteiger partial charge on any atom is 0.154 e. The maximum atomic E-state index is 8.86. The molecule has 4 heteroatoms. The third-order valence-corrected chi connectivity index (χ3v) is 1.72. The summed E-state index contributed by atoms with van der Waals surface area (Å²) in [4.78, 5) is 5.96. The van der Waals surface area contributed by atoms with Gasteiger partial charge in [0, 0.05) is 0 Å². The van der Waals surface area contributed by atoms with Crippen LogP contribution in [0.1, 0.15) is 33.2 Å². The first-order chi connectivity index (χ1) is 5.22. The molecule has 0 aliphatic rings. The summed E-state index contributed by atoms with van der Waals surface area (Å²) in [7, 11) is 0. The maximum absolute atomic E-state index is 8.86. The third kappa shape index (κ3) is 1.50. The Kier molecular flexibility index (Phi) is 2.44. The van der Waals surface area contributed by atoms with E-state index in [1.54, 1.807) is 0 Å². The van der Waals surface area contributed by atoms with Crippen molar-refractivity contribution in [1.29, 1.82) is 0 Å². The molecule has 11 heavy (non-hydrogen) atoms. The minimum atomic E-state index is 0.0954. The lowest BCUT2D eigenvalue weighted by molar-refractivity contribution is 0.193. The molecule has 0 aliphatic carbocycles. The lowest BCUT2D eigenvalue weighted by Gasteiger charge is -1.95. The van der Waals surface area contributed by atoms with Gasteiger partial charge in [-0.05, 0) is 20.3 Å². The lowest BCUT2D eigenvalue weighted by Crippen LogP contribution is -1.97. The summed E-state index contributed by atoms with van der Waals surface area (Å²) in [6.07, 6.45) is 1.11. The van der Waals surface area contributed by atoms with E-state index in [1.165, 1.54) is 0 Å². The zero-order valence-electron chi connectivity index (χ0n) is 7.49. The third-order valence-electron chi connectivity index (χ3n) is 1.72. The van der Waals surface area contributed by atoms with Gasteiger partial charge in [0.1, 0.15) is 0 Å². The van der Waals surface area contributed by atoms with Gasteiger partial charge in [-0.15, -0.1) is 0 Å². The van der Waals surface area contributed by atoms with Crippen molar-refractivity contribution >= 4 is 0 Å². The summed E-state index contributed by atoms with van der Waals surface area (Å²) >= 11 is 0. The highest BCUT2D eigenvalue weighted by molar-refractivity contribution is 4.59. The van der Waals surface area contributed by atoms with Crippen molar-refractivity contribution in [3.8, 4) is 0 Å². The Morgan fingerprint density at radius 3 is 2.18 bits per heavy atom. The monoisotopic (exact) mass is 159 g/mol. The minimum absolute atomic E-state index is 0.0954. The van der Waals surface area contributed by atoms with Crippen molar-refractivity contribution in [2.75, 3.05) is 0 Å². The molecule has 0 unspecified atom stereocenters. The van der Waals surface area contributed by atoms with Crippen molar-refractivity contribution in [3.63, 3.8) is 0 Å². The van der Waals surface area contributed by atoms with E-state index in [-0.39, 0.29) is 6.73 Å². The molecule has 0 saturated carbocycles. The number of nitrogens with zero attached hydrogens (tertiary/aromatic N) is 3. The molecule has 0 radical (unpaired) electrons. The van der Waals surface area contributed by atoms with Gasteiger partial charge >= 0.3 is 0 Å². The fraction of sp³-hybridized carbons (Fsp3) is 1.00. The molecule has 4 nitrogen and oxygen atoms in total. The second-order valence-electron chi connectivity index (χ2n) is 3.02. The molecule has 0 bridgehead atoms. The minimum Gasteiger partial charge on any atom is -0.373 e. The number of hydrogen-bond acceptors (Lipinski definition) is 1. The van der Waals surface area contributed by atoms with Gasteiger partial charge in [-0.25, -0.2) is 0 Å². The van der Waals surface area contributed by atoms with Gasteiger partial charge in [-0.1, -0.05) is 6.92 Å². The quantitative estimate of drug-likeness (QED) is 0.699. The highest BCUT2D eigenvalue weighted by Gasteiger charge is 2.17. The first kappa shape index (κ1) is 8.46. The van der Waals surface area contributed by atoms with Crippen LogP contribution in [-0.2, 0) is 13.3 Å². The van der Waals surface area contributed by atoms with Crippen LogP contribution in [0.3, 0.4) is 0 Å². The van der Waals surface area contributed by atoms with E-state index in [1.807, 2.05) is 4.80 Å². The Morgan fingerprint density at radius 1 is 1.27 bits per heavy atom. The molecule has 1 rings (SSSR count). The van der Waals surface area contributed by atoms with E-state index in [0.29, 0.717) is 6.04 Å². The summed E-state index contributed by atoms with van der Waals surface area (Å²) in [5.41, 5.74) is 0. The molecule has 0 aromatic carbocycles. The Morgan fingerprint density at radius 2 is 1.91 bits per heavy atom. The molecule has 1 aromatic heterocycles. The van der Waals surface area contributed by atoms with E-state index in [4.69, 9.17) is 5.11 Å². The zero-order chi connectivity index (χ0) is 8.43. The second-order valence-corrected chi connectivity index (χ2v) is 3.02.